The molecule has 146 valence electrons. The third-order valence-electron chi connectivity index (χ3n) is 6.04. The molecule has 0 bridgehead atoms. The largest absolute Gasteiger partial charge is 0.0991 e. The van der Waals surface area contributed by atoms with E-state index in [1.165, 1.54) is 37.6 Å². The summed E-state index contributed by atoms with van der Waals surface area (Å²) in [4.78, 5) is 2.74. The standard InChI is InChI=1S/C26H22S.C2H6/c1-3-4-12-20-18(2)19-11-5-6-13-21(19)26(20)22-14-7-9-16-24(22)27-25-17-10-8-15-23(25)26;1-2/h3-5,7-12,14-17H,1,6,13H2,2H3;1-2H3/b12-4-;. The quantitative estimate of drug-likeness (QED) is 0.461. The molecule has 1 aliphatic heterocycles. The molecule has 0 radical (unpaired) electrons. The SMILES string of the molecule is C=C/C=C\C1=C(C)C2=C(CCC=C2)C12c1ccccc1Sc1ccccc12.CC. The van der Waals surface area contributed by atoms with Crippen molar-refractivity contribution in [1.29, 1.82) is 0 Å². The Bertz CT molecular complexity index is 1030. The van der Waals surface area contributed by atoms with Gasteiger partial charge in [-0.25, -0.2) is 0 Å². The topological polar surface area (TPSA) is 0 Å². The summed E-state index contributed by atoms with van der Waals surface area (Å²) in [6.07, 6.45) is 13.2. The lowest BCUT2D eigenvalue weighted by atomic mass is 9.64. The van der Waals surface area contributed by atoms with Gasteiger partial charge in [0, 0.05) is 9.79 Å². The van der Waals surface area contributed by atoms with Crippen molar-refractivity contribution in [1.82, 2.24) is 0 Å². The molecule has 0 aromatic heterocycles. The van der Waals surface area contributed by atoms with Crippen molar-refractivity contribution in [2.24, 2.45) is 0 Å². The number of hydrogen-bond acceptors (Lipinski definition) is 1. The van der Waals surface area contributed by atoms with Gasteiger partial charge in [0.05, 0.1) is 5.41 Å². The molecule has 0 N–H and O–H groups in total. The van der Waals surface area contributed by atoms with E-state index in [4.69, 9.17) is 0 Å². The maximum absolute atomic E-state index is 3.92. The normalized spacial score (nSPS) is 18.3. The first-order valence-electron chi connectivity index (χ1n) is 10.6. The summed E-state index contributed by atoms with van der Waals surface area (Å²) in [7, 11) is 0. The van der Waals surface area contributed by atoms with E-state index in [9.17, 15) is 0 Å². The number of fused-ring (bicyclic) bond motifs is 5. The highest BCUT2D eigenvalue weighted by atomic mass is 32.2. The molecule has 3 aliphatic rings. The van der Waals surface area contributed by atoms with E-state index in [1.807, 2.05) is 31.7 Å². The van der Waals surface area contributed by atoms with E-state index < -0.39 is 0 Å². The minimum Gasteiger partial charge on any atom is -0.0991 e. The van der Waals surface area contributed by atoms with Gasteiger partial charge in [0.15, 0.2) is 0 Å². The molecule has 0 unspecified atom stereocenters. The van der Waals surface area contributed by atoms with Crippen LogP contribution < -0.4 is 0 Å². The molecule has 0 fully saturated rings. The van der Waals surface area contributed by atoms with Gasteiger partial charge in [-0.1, -0.05) is 99.0 Å². The number of benzene rings is 2. The van der Waals surface area contributed by atoms with Crippen molar-refractivity contribution in [2.75, 3.05) is 0 Å². The van der Waals surface area contributed by atoms with Crippen LogP contribution in [0.25, 0.3) is 0 Å². The highest BCUT2D eigenvalue weighted by Gasteiger charge is 2.50. The van der Waals surface area contributed by atoms with Gasteiger partial charge >= 0.3 is 0 Å². The first-order valence-corrected chi connectivity index (χ1v) is 11.4. The van der Waals surface area contributed by atoms with E-state index in [-0.39, 0.29) is 5.41 Å². The molecule has 2 aromatic carbocycles. The molecule has 0 amide bonds. The number of rotatable bonds is 2. The van der Waals surface area contributed by atoms with Crippen LogP contribution in [0.4, 0.5) is 0 Å². The maximum atomic E-state index is 3.92. The second-order valence-electron chi connectivity index (χ2n) is 7.31. The summed E-state index contributed by atoms with van der Waals surface area (Å²) in [5, 5.41) is 0. The maximum Gasteiger partial charge on any atom is 0.0695 e. The van der Waals surface area contributed by atoms with Gasteiger partial charge < -0.3 is 0 Å². The van der Waals surface area contributed by atoms with Crippen molar-refractivity contribution in [3.8, 4) is 0 Å². The van der Waals surface area contributed by atoms with E-state index in [0.717, 1.165) is 12.8 Å². The Hall–Kier alpha value is -2.51. The zero-order chi connectivity index (χ0) is 20.4. The minimum absolute atomic E-state index is 0.178. The zero-order valence-corrected chi connectivity index (χ0v) is 18.4. The van der Waals surface area contributed by atoms with Gasteiger partial charge in [0.25, 0.3) is 0 Å². The molecular formula is C28H28S. The average molecular weight is 397 g/mol. The molecule has 1 heteroatoms. The minimum atomic E-state index is -0.178. The molecule has 5 rings (SSSR count). The lowest BCUT2D eigenvalue weighted by Crippen LogP contribution is -2.34. The Morgan fingerprint density at radius 3 is 2.21 bits per heavy atom. The number of hydrogen-bond donors (Lipinski definition) is 0. The van der Waals surface area contributed by atoms with Crippen molar-refractivity contribution in [3.63, 3.8) is 0 Å². The van der Waals surface area contributed by atoms with Crippen molar-refractivity contribution >= 4 is 11.8 Å². The van der Waals surface area contributed by atoms with Gasteiger partial charge in [-0.05, 0) is 65.3 Å². The molecular weight excluding hydrogens is 368 g/mol. The summed E-state index contributed by atoms with van der Waals surface area (Å²) in [5.41, 5.74) is 8.47. The smallest absolute Gasteiger partial charge is 0.0695 e. The predicted molar refractivity (Wildman–Crippen MR) is 127 cm³/mol. The van der Waals surface area contributed by atoms with Gasteiger partial charge in [0.2, 0.25) is 0 Å². The molecule has 29 heavy (non-hydrogen) atoms. The Morgan fingerprint density at radius 2 is 1.59 bits per heavy atom. The lowest BCUT2D eigenvalue weighted by Gasteiger charge is -2.42. The average Bonchev–Trinajstić information content (AvgIpc) is 3.03. The molecule has 0 saturated heterocycles. The molecule has 0 nitrogen and oxygen atoms in total. The highest BCUT2D eigenvalue weighted by Crippen LogP contribution is 2.62. The Balaban J connectivity index is 0.000000994. The molecule has 0 atom stereocenters. The van der Waals surface area contributed by atoms with E-state index >= 15 is 0 Å². The fourth-order valence-corrected chi connectivity index (χ4v) is 6.21. The van der Waals surface area contributed by atoms with Crippen LogP contribution in [-0.4, -0.2) is 0 Å². The lowest BCUT2D eigenvalue weighted by molar-refractivity contribution is 0.655. The van der Waals surface area contributed by atoms with Crippen LogP contribution >= 0.6 is 11.8 Å². The first-order chi connectivity index (χ1) is 14.3. The van der Waals surface area contributed by atoms with Crippen LogP contribution in [0.2, 0.25) is 0 Å². The second-order valence-corrected chi connectivity index (χ2v) is 8.39. The van der Waals surface area contributed by atoms with E-state index in [1.54, 1.807) is 5.57 Å². The van der Waals surface area contributed by atoms with Crippen molar-refractivity contribution in [3.05, 3.63) is 119 Å². The van der Waals surface area contributed by atoms with Crippen LogP contribution in [0, 0.1) is 0 Å². The summed E-state index contributed by atoms with van der Waals surface area (Å²) in [6.45, 7) is 10.2. The van der Waals surface area contributed by atoms with Crippen LogP contribution in [0.15, 0.2) is 118 Å². The fourth-order valence-electron chi connectivity index (χ4n) is 5.02. The van der Waals surface area contributed by atoms with Crippen molar-refractivity contribution < 1.29 is 0 Å². The molecule has 2 aliphatic carbocycles. The summed E-state index contributed by atoms with van der Waals surface area (Å²) < 4.78 is 0. The predicted octanol–water partition coefficient (Wildman–Crippen LogP) is 8.18. The third kappa shape index (κ3) is 2.83. The van der Waals surface area contributed by atoms with Gasteiger partial charge in [0.1, 0.15) is 0 Å². The second kappa shape index (κ2) is 8.08. The fraction of sp³-hybridized carbons (Fsp3) is 0.214. The molecule has 1 heterocycles. The first kappa shape index (κ1) is 19.8. The monoisotopic (exact) mass is 396 g/mol. The Morgan fingerprint density at radius 1 is 0.966 bits per heavy atom. The summed E-state index contributed by atoms with van der Waals surface area (Å²) in [5.74, 6) is 0. The summed E-state index contributed by atoms with van der Waals surface area (Å²) >= 11 is 1.90. The van der Waals surface area contributed by atoms with Gasteiger partial charge in [-0.3, -0.25) is 0 Å². The van der Waals surface area contributed by atoms with E-state index in [0.29, 0.717) is 0 Å². The van der Waals surface area contributed by atoms with Crippen LogP contribution in [0.5, 0.6) is 0 Å². The van der Waals surface area contributed by atoms with Gasteiger partial charge in [-0.2, -0.15) is 0 Å². The molecule has 0 saturated carbocycles. The zero-order valence-electron chi connectivity index (χ0n) is 17.5. The van der Waals surface area contributed by atoms with Crippen LogP contribution in [0.1, 0.15) is 44.7 Å². The highest BCUT2D eigenvalue weighted by molar-refractivity contribution is 7.99. The van der Waals surface area contributed by atoms with E-state index in [2.05, 4.69) is 86.3 Å². The van der Waals surface area contributed by atoms with Crippen LogP contribution in [-0.2, 0) is 5.41 Å². The van der Waals surface area contributed by atoms with Gasteiger partial charge in [-0.15, -0.1) is 0 Å². The Labute approximate surface area is 179 Å². The summed E-state index contributed by atoms with van der Waals surface area (Å²) in [6, 6.07) is 17.9. The number of allylic oxidation sites excluding steroid dienone is 9. The molecule has 1 spiro atoms. The third-order valence-corrected chi connectivity index (χ3v) is 7.19. The van der Waals surface area contributed by atoms with Crippen LogP contribution in [0.3, 0.4) is 0 Å². The molecule has 2 aromatic rings. The Kier molecular flexibility index (Phi) is 5.52. The van der Waals surface area contributed by atoms with Crippen molar-refractivity contribution in [2.45, 2.75) is 48.8 Å².